The minimum Gasteiger partial charge on any atom is -0.398 e. The summed E-state index contributed by atoms with van der Waals surface area (Å²) in [6, 6.07) is 5.20. The molecule has 0 heterocycles. The van der Waals surface area contributed by atoms with Gasteiger partial charge >= 0.3 is 0 Å². The van der Waals surface area contributed by atoms with Crippen LogP contribution in [0, 0.1) is 6.92 Å². The van der Waals surface area contributed by atoms with Crippen molar-refractivity contribution in [3.05, 3.63) is 23.8 Å². The van der Waals surface area contributed by atoms with E-state index in [4.69, 9.17) is 5.73 Å². The van der Waals surface area contributed by atoms with E-state index < -0.39 is 10.0 Å². The highest BCUT2D eigenvalue weighted by Gasteiger charge is 2.27. The van der Waals surface area contributed by atoms with Gasteiger partial charge in [0.15, 0.2) is 0 Å². The smallest absolute Gasteiger partial charge is 0.243 e. The number of sulfonamides is 1. The van der Waals surface area contributed by atoms with Crippen LogP contribution < -0.4 is 10.5 Å². The number of thioether (sulfide) groups is 1. The maximum atomic E-state index is 12.5. The molecular weight excluding hydrogens is 292 g/mol. The Labute approximate surface area is 125 Å². The summed E-state index contributed by atoms with van der Waals surface area (Å²) < 4.78 is 27.9. The lowest BCUT2D eigenvalue weighted by atomic mass is 9.96. The Hall–Kier alpha value is -0.720. The lowest BCUT2D eigenvalue weighted by molar-refractivity contribution is 0.421. The second kappa shape index (κ2) is 6.37. The molecule has 0 spiro atoms. The Balaban J connectivity index is 2.19. The van der Waals surface area contributed by atoms with Crippen LogP contribution in [0.3, 0.4) is 0 Å². The first kappa shape index (κ1) is 15.7. The van der Waals surface area contributed by atoms with Crippen LogP contribution in [-0.4, -0.2) is 26.0 Å². The topological polar surface area (TPSA) is 72.2 Å². The standard InChI is InChI=1S/C14H22N2O2S2/c1-10-5-3-8-13(15)14(10)20(17,18)16-11-6-4-7-12(9-11)19-2/h3,5,8,11-12,16H,4,6-7,9,15H2,1-2H3. The van der Waals surface area contributed by atoms with Crippen LogP contribution in [0.4, 0.5) is 5.69 Å². The molecule has 2 atom stereocenters. The summed E-state index contributed by atoms with van der Waals surface area (Å²) in [5.41, 5.74) is 6.85. The zero-order valence-corrected chi connectivity index (χ0v) is 13.6. The summed E-state index contributed by atoms with van der Waals surface area (Å²) in [6.45, 7) is 1.77. The maximum absolute atomic E-state index is 12.5. The van der Waals surface area contributed by atoms with E-state index in [1.165, 1.54) is 6.42 Å². The van der Waals surface area contributed by atoms with Gasteiger partial charge in [-0.3, -0.25) is 0 Å². The van der Waals surface area contributed by atoms with Gasteiger partial charge in [-0.15, -0.1) is 0 Å². The third kappa shape index (κ3) is 3.48. The molecule has 0 bridgehead atoms. The number of nitrogens with two attached hydrogens (primary N) is 1. The van der Waals surface area contributed by atoms with Crippen molar-refractivity contribution < 1.29 is 8.42 Å². The van der Waals surface area contributed by atoms with Crippen molar-refractivity contribution >= 4 is 27.5 Å². The average molecular weight is 314 g/mol. The second-order valence-corrected chi connectivity index (χ2v) is 8.12. The highest BCUT2D eigenvalue weighted by molar-refractivity contribution is 7.99. The molecule has 2 unspecified atom stereocenters. The fourth-order valence-electron chi connectivity index (χ4n) is 2.79. The molecule has 4 nitrogen and oxygen atoms in total. The fourth-order valence-corrected chi connectivity index (χ4v) is 5.25. The van der Waals surface area contributed by atoms with Gasteiger partial charge < -0.3 is 5.73 Å². The van der Waals surface area contributed by atoms with Crippen LogP contribution >= 0.6 is 11.8 Å². The molecule has 1 aromatic rings. The molecule has 0 aliphatic heterocycles. The van der Waals surface area contributed by atoms with E-state index in [0.717, 1.165) is 19.3 Å². The molecule has 0 radical (unpaired) electrons. The first-order valence-corrected chi connectivity index (χ1v) is 9.61. The molecule has 112 valence electrons. The minimum absolute atomic E-state index is 0.0187. The number of anilines is 1. The van der Waals surface area contributed by atoms with E-state index in [1.807, 2.05) is 11.8 Å². The molecule has 0 saturated heterocycles. The summed E-state index contributed by atoms with van der Waals surface area (Å²) in [7, 11) is -3.54. The predicted molar refractivity (Wildman–Crippen MR) is 85.5 cm³/mol. The van der Waals surface area contributed by atoms with Crippen molar-refractivity contribution in [2.24, 2.45) is 0 Å². The van der Waals surface area contributed by atoms with Crippen molar-refractivity contribution in [3.8, 4) is 0 Å². The quantitative estimate of drug-likeness (QED) is 0.838. The largest absolute Gasteiger partial charge is 0.398 e. The zero-order valence-electron chi connectivity index (χ0n) is 11.9. The number of hydrogen-bond donors (Lipinski definition) is 2. The van der Waals surface area contributed by atoms with Crippen LogP contribution in [0.15, 0.2) is 23.1 Å². The van der Waals surface area contributed by atoms with Crippen LogP contribution in [0.5, 0.6) is 0 Å². The van der Waals surface area contributed by atoms with E-state index in [0.29, 0.717) is 16.5 Å². The zero-order chi connectivity index (χ0) is 14.8. The van der Waals surface area contributed by atoms with E-state index in [9.17, 15) is 8.42 Å². The molecule has 3 N–H and O–H groups in total. The van der Waals surface area contributed by atoms with Crippen molar-refractivity contribution in [2.75, 3.05) is 12.0 Å². The van der Waals surface area contributed by atoms with Gasteiger partial charge in [-0.2, -0.15) is 11.8 Å². The molecule has 1 aromatic carbocycles. The Bertz CT molecular complexity index is 552. The van der Waals surface area contributed by atoms with Gasteiger partial charge in [-0.05, 0) is 44.1 Å². The first-order valence-electron chi connectivity index (χ1n) is 6.84. The van der Waals surface area contributed by atoms with Gasteiger partial charge in [0.1, 0.15) is 4.90 Å². The van der Waals surface area contributed by atoms with E-state index in [-0.39, 0.29) is 10.9 Å². The van der Waals surface area contributed by atoms with Crippen molar-refractivity contribution in [3.63, 3.8) is 0 Å². The molecule has 0 aromatic heterocycles. The predicted octanol–water partition coefficient (Wildman–Crippen LogP) is 2.53. The summed E-state index contributed by atoms with van der Waals surface area (Å²) in [4.78, 5) is 0.228. The summed E-state index contributed by atoms with van der Waals surface area (Å²) in [5, 5.41) is 0.547. The van der Waals surface area contributed by atoms with Gasteiger partial charge in [0.25, 0.3) is 0 Å². The third-order valence-corrected chi connectivity index (χ3v) is 6.63. The van der Waals surface area contributed by atoms with Gasteiger partial charge in [0, 0.05) is 11.3 Å². The second-order valence-electron chi connectivity index (χ2n) is 5.34. The Morgan fingerprint density at radius 3 is 2.75 bits per heavy atom. The summed E-state index contributed by atoms with van der Waals surface area (Å²) in [5.74, 6) is 0. The third-order valence-electron chi connectivity index (χ3n) is 3.79. The van der Waals surface area contributed by atoms with Gasteiger partial charge in [0.05, 0.1) is 5.69 Å². The Morgan fingerprint density at radius 1 is 1.35 bits per heavy atom. The molecule has 1 fully saturated rings. The molecule has 2 rings (SSSR count). The summed E-state index contributed by atoms with van der Waals surface area (Å²) in [6.07, 6.45) is 6.13. The molecule has 6 heteroatoms. The molecule has 1 aliphatic carbocycles. The number of nitrogen functional groups attached to an aromatic ring is 1. The fraction of sp³-hybridized carbons (Fsp3) is 0.571. The lowest BCUT2D eigenvalue weighted by Gasteiger charge is -2.28. The SMILES string of the molecule is CSC1CCCC(NS(=O)(=O)c2c(C)cccc2N)C1. The van der Waals surface area contributed by atoms with Crippen molar-refractivity contribution in [1.29, 1.82) is 0 Å². The van der Waals surface area contributed by atoms with Gasteiger partial charge in [-0.25, -0.2) is 13.1 Å². The molecule has 1 saturated carbocycles. The average Bonchev–Trinajstić information content (AvgIpc) is 2.37. The normalized spacial score (nSPS) is 23.7. The van der Waals surface area contributed by atoms with E-state index in [1.54, 1.807) is 25.1 Å². The van der Waals surface area contributed by atoms with Crippen LogP contribution in [0.25, 0.3) is 0 Å². The Morgan fingerprint density at radius 2 is 2.10 bits per heavy atom. The monoisotopic (exact) mass is 314 g/mol. The van der Waals surface area contributed by atoms with E-state index >= 15 is 0 Å². The number of rotatable bonds is 4. The van der Waals surface area contributed by atoms with Gasteiger partial charge in [-0.1, -0.05) is 18.6 Å². The van der Waals surface area contributed by atoms with Crippen molar-refractivity contribution in [1.82, 2.24) is 4.72 Å². The number of aryl methyl sites for hydroxylation is 1. The minimum atomic E-state index is -3.54. The highest BCUT2D eigenvalue weighted by atomic mass is 32.2. The first-order chi connectivity index (χ1) is 9.44. The van der Waals surface area contributed by atoms with Gasteiger partial charge in [0.2, 0.25) is 10.0 Å². The number of benzene rings is 1. The van der Waals surface area contributed by atoms with Crippen LogP contribution in [0.2, 0.25) is 0 Å². The molecule has 0 amide bonds. The summed E-state index contributed by atoms with van der Waals surface area (Å²) >= 11 is 1.82. The molecule has 1 aliphatic rings. The molecule has 20 heavy (non-hydrogen) atoms. The van der Waals surface area contributed by atoms with Crippen LogP contribution in [0.1, 0.15) is 31.2 Å². The molecular formula is C14H22N2O2S2. The maximum Gasteiger partial charge on any atom is 0.243 e. The number of nitrogens with one attached hydrogen (secondary N) is 1. The van der Waals surface area contributed by atoms with E-state index in [2.05, 4.69) is 11.0 Å². The Kier molecular flexibility index (Phi) is 4.99. The van der Waals surface area contributed by atoms with Crippen LogP contribution in [-0.2, 0) is 10.0 Å². The number of hydrogen-bond acceptors (Lipinski definition) is 4. The van der Waals surface area contributed by atoms with Crippen molar-refractivity contribution in [2.45, 2.75) is 48.8 Å². The lowest BCUT2D eigenvalue weighted by Crippen LogP contribution is -2.39. The highest BCUT2D eigenvalue weighted by Crippen LogP contribution is 2.29.